The standard InChI is InChI=1S/C24H28N2O4/c1-17(27)30-16-24(5)15-25(20-9-7-6-8-10-20)26(22(24)29)21(28)18-11-13-19(14-12-18)23(2,3)4/h6-14H,15-16H2,1-5H3/t24-/m1/s1. The van der Waals surface area contributed by atoms with E-state index in [4.69, 9.17) is 4.74 Å². The molecule has 2 aromatic carbocycles. The van der Waals surface area contributed by atoms with Crippen molar-refractivity contribution in [2.45, 2.75) is 40.0 Å². The largest absolute Gasteiger partial charge is 0.465 e. The Kier molecular flexibility index (Phi) is 5.70. The van der Waals surface area contributed by atoms with E-state index in [1.807, 2.05) is 42.5 Å². The number of anilines is 1. The molecule has 1 aliphatic rings. The van der Waals surface area contributed by atoms with E-state index in [0.717, 1.165) is 11.3 Å². The number of nitrogens with zero attached hydrogens (tertiary/aromatic N) is 2. The van der Waals surface area contributed by atoms with Crippen molar-refractivity contribution in [3.63, 3.8) is 0 Å². The molecule has 0 spiro atoms. The predicted octanol–water partition coefficient (Wildman–Crippen LogP) is 3.96. The van der Waals surface area contributed by atoms with Gasteiger partial charge in [0.05, 0.1) is 12.2 Å². The number of imide groups is 1. The number of esters is 1. The Labute approximate surface area is 177 Å². The van der Waals surface area contributed by atoms with E-state index < -0.39 is 23.2 Å². The Morgan fingerprint density at radius 2 is 1.63 bits per heavy atom. The van der Waals surface area contributed by atoms with E-state index >= 15 is 0 Å². The molecule has 0 radical (unpaired) electrons. The molecule has 2 amide bonds. The molecule has 0 N–H and O–H groups in total. The van der Waals surface area contributed by atoms with Gasteiger partial charge in [-0.05, 0) is 42.2 Å². The van der Waals surface area contributed by atoms with Crippen molar-refractivity contribution in [3.05, 3.63) is 65.7 Å². The fourth-order valence-corrected chi connectivity index (χ4v) is 3.45. The zero-order valence-corrected chi connectivity index (χ0v) is 18.1. The highest BCUT2D eigenvalue weighted by Gasteiger charge is 2.51. The van der Waals surface area contributed by atoms with Crippen LogP contribution in [-0.4, -0.2) is 35.9 Å². The van der Waals surface area contributed by atoms with Crippen LogP contribution in [0.1, 0.15) is 50.5 Å². The summed E-state index contributed by atoms with van der Waals surface area (Å²) in [5.74, 6) is -1.26. The summed E-state index contributed by atoms with van der Waals surface area (Å²) in [6, 6.07) is 16.6. The molecule has 0 saturated carbocycles. The van der Waals surface area contributed by atoms with Crippen molar-refractivity contribution >= 4 is 23.5 Å². The van der Waals surface area contributed by atoms with Gasteiger partial charge in [0, 0.05) is 12.5 Å². The smallest absolute Gasteiger partial charge is 0.302 e. The summed E-state index contributed by atoms with van der Waals surface area (Å²) < 4.78 is 5.15. The molecule has 6 nitrogen and oxygen atoms in total. The Morgan fingerprint density at radius 3 is 2.17 bits per heavy atom. The van der Waals surface area contributed by atoms with Gasteiger partial charge < -0.3 is 4.74 Å². The second-order valence-corrected chi connectivity index (χ2v) is 8.98. The normalized spacial score (nSPS) is 19.2. The van der Waals surface area contributed by atoms with Crippen LogP contribution in [0.4, 0.5) is 5.69 Å². The number of carbonyl (C=O) groups is 3. The number of benzene rings is 2. The second kappa shape index (κ2) is 7.94. The van der Waals surface area contributed by atoms with Crippen LogP contribution in [0.5, 0.6) is 0 Å². The van der Waals surface area contributed by atoms with Gasteiger partial charge in [-0.25, -0.2) is 0 Å². The van der Waals surface area contributed by atoms with E-state index in [1.54, 1.807) is 24.1 Å². The highest BCUT2D eigenvalue weighted by molar-refractivity contribution is 6.09. The van der Waals surface area contributed by atoms with E-state index in [-0.39, 0.29) is 18.6 Å². The quantitative estimate of drug-likeness (QED) is 0.566. The van der Waals surface area contributed by atoms with Crippen LogP contribution in [0.15, 0.2) is 54.6 Å². The first kappa shape index (κ1) is 21.6. The average molecular weight is 408 g/mol. The molecule has 1 saturated heterocycles. The van der Waals surface area contributed by atoms with E-state index in [0.29, 0.717) is 5.56 Å². The molecule has 0 unspecified atom stereocenters. The molecule has 1 heterocycles. The van der Waals surface area contributed by atoms with Crippen molar-refractivity contribution in [1.29, 1.82) is 0 Å². The molecule has 1 aliphatic heterocycles. The van der Waals surface area contributed by atoms with Crippen molar-refractivity contribution in [3.8, 4) is 0 Å². The predicted molar refractivity (Wildman–Crippen MR) is 115 cm³/mol. The first-order valence-corrected chi connectivity index (χ1v) is 9.98. The Morgan fingerprint density at radius 1 is 1.03 bits per heavy atom. The first-order chi connectivity index (χ1) is 14.0. The van der Waals surface area contributed by atoms with Gasteiger partial charge in [0.15, 0.2) is 0 Å². The lowest BCUT2D eigenvalue weighted by Crippen LogP contribution is -2.44. The lowest BCUT2D eigenvalue weighted by molar-refractivity contribution is -0.147. The van der Waals surface area contributed by atoms with Crippen LogP contribution in [-0.2, 0) is 19.7 Å². The second-order valence-electron chi connectivity index (χ2n) is 8.98. The summed E-state index contributed by atoms with van der Waals surface area (Å²) in [5, 5.41) is 2.83. The lowest BCUT2D eigenvalue weighted by atomic mass is 9.86. The van der Waals surface area contributed by atoms with Gasteiger partial charge in [-0.3, -0.25) is 19.4 Å². The van der Waals surface area contributed by atoms with Gasteiger partial charge in [-0.1, -0.05) is 51.1 Å². The van der Waals surface area contributed by atoms with E-state index in [9.17, 15) is 14.4 Å². The number of hydrogen-bond acceptors (Lipinski definition) is 5. The topological polar surface area (TPSA) is 66.9 Å². The summed E-state index contributed by atoms with van der Waals surface area (Å²) in [4.78, 5) is 38.0. The molecule has 1 fully saturated rings. The molecule has 158 valence electrons. The van der Waals surface area contributed by atoms with Gasteiger partial charge in [-0.15, -0.1) is 0 Å². The van der Waals surface area contributed by atoms with Crippen molar-refractivity contribution < 1.29 is 19.1 Å². The maximum atomic E-state index is 13.4. The molecule has 0 aliphatic carbocycles. The van der Waals surface area contributed by atoms with Gasteiger partial charge >= 0.3 is 5.97 Å². The minimum absolute atomic E-state index is 0.0380. The van der Waals surface area contributed by atoms with Crippen molar-refractivity contribution in [2.75, 3.05) is 18.2 Å². The van der Waals surface area contributed by atoms with E-state index in [1.165, 1.54) is 11.9 Å². The Balaban J connectivity index is 1.97. The van der Waals surface area contributed by atoms with Crippen LogP contribution in [0.2, 0.25) is 0 Å². The molecule has 2 aromatic rings. The average Bonchev–Trinajstić information content (AvgIpc) is 2.97. The van der Waals surface area contributed by atoms with Crippen LogP contribution in [0.3, 0.4) is 0 Å². The summed E-state index contributed by atoms with van der Waals surface area (Å²) in [7, 11) is 0. The molecule has 0 aromatic heterocycles. The van der Waals surface area contributed by atoms with Gasteiger partial charge in [0.1, 0.15) is 12.0 Å². The molecule has 1 atom stereocenters. The highest BCUT2D eigenvalue weighted by atomic mass is 16.5. The fraction of sp³-hybridized carbons (Fsp3) is 0.375. The Bertz CT molecular complexity index is 947. The van der Waals surface area contributed by atoms with Gasteiger partial charge in [0.2, 0.25) is 0 Å². The number of hydrogen-bond donors (Lipinski definition) is 0. The third-order valence-corrected chi connectivity index (χ3v) is 5.29. The maximum absolute atomic E-state index is 13.4. The minimum Gasteiger partial charge on any atom is -0.465 e. The third kappa shape index (κ3) is 4.22. The summed E-state index contributed by atoms with van der Waals surface area (Å²) in [5.41, 5.74) is 1.18. The first-order valence-electron chi connectivity index (χ1n) is 9.98. The maximum Gasteiger partial charge on any atom is 0.302 e. The Hall–Kier alpha value is -3.15. The van der Waals surface area contributed by atoms with Crippen LogP contribution >= 0.6 is 0 Å². The number of hydrazine groups is 1. The summed E-state index contributed by atoms with van der Waals surface area (Å²) >= 11 is 0. The number of ether oxygens (including phenoxy) is 1. The molecule has 6 heteroatoms. The van der Waals surface area contributed by atoms with Crippen LogP contribution in [0, 0.1) is 5.41 Å². The molecule has 30 heavy (non-hydrogen) atoms. The highest BCUT2D eigenvalue weighted by Crippen LogP contribution is 2.35. The molecule has 3 rings (SSSR count). The molecular formula is C24H28N2O4. The van der Waals surface area contributed by atoms with Crippen molar-refractivity contribution in [1.82, 2.24) is 5.01 Å². The van der Waals surface area contributed by atoms with Crippen LogP contribution < -0.4 is 5.01 Å². The zero-order valence-electron chi connectivity index (χ0n) is 18.1. The summed E-state index contributed by atoms with van der Waals surface area (Å²) in [6.07, 6.45) is 0. The fourth-order valence-electron chi connectivity index (χ4n) is 3.45. The SMILES string of the molecule is CC(=O)OC[C@@]1(C)CN(c2ccccc2)N(C(=O)c2ccc(C(C)(C)C)cc2)C1=O. The lowest BCUT2D eigenvalue weighted by Gasteiger charge is -2.28. The summed E-state index contributed by atoms with van der Waals surface area (Å²) in [6.45, 7) is 9.47. The van der Waals surface area contributed by atoms with Crippen molar-refractivity contribution in [2.24, 2.45) is 5.41 Å². The number of carbonyl (C=O) groups excluding carboxylic acids is 3. The van der Waals surface area contributed by atoms with Gasteiger partial charge in [0.25, 0.3) is 11.8 Å². The number of amides is 2. The van der Waals surface area contributed by atoms with Crippen LogP contribution in [0.25, 0.3) is 0 Å². The molecule has 0 bridgehead atoms. The number of para-hydroxylation sites is 1. The monoisotopic (exact) mass is 408 g/mol. The van der Waals surface area contributed by atoms with Gasteiger partial charge in [-0.2, -0.15) is 5.01 Å². The number of rotatable bonds is 4. The zero-order chi connectivity index (χ0) is 22.1. The third-order valence-electron chi connectivity index (χ3n) is 5.29. The van der Waals surface area contributed by atoms with E-state index in [2.05, 4.69) is 20.8 Å². The minimum atomic E-state index is -1.03. The molecular weight excluding hydrogens is 380 g/mol.